The average molecular weight is 215 g/mol. The van der Waals surface area contributed by atoms with Crippen molar-refractivity contribution in [1.29, 1.82) is 0 Å². The van der Waals surface area contributed by atoms with Crippen LogP contribution in [0, 0.1) is 5.92 Å². The third-order valence-electron chi connectivity index (χ3n) is 2.48. The Balaban J connectivity index is 2.65. The van der Waals surface area contributed by atoms with E-state index < -0.39 is 6.03 Å². The Labute approximate surface area is 88.7 Å². The molecule has 2 amide bonds. The zero-order chi connectivity index (χ0) is 10.7. The molecule has 1 rings (SSSR count). The van der Waals surface area contributed by atoms with Crippen LogP contribution >= 0.6 is 11.8 Å². The summed E-state index contributed by atoms with van der Waals surface area (Å²) in [5.74, 6) is 0.406. The first-order valence-electron chi connectivity index (χ1n) is 4.78. The fraction of sp³-hybridized carbons (Fsp3) is 0.778. The Hall–Kier alpha value is -0.710. The fourth-order valence-corrected chi connectivity index (χ4v) is 2.95. The van der Waals surface area contributed by atoms with Gasteiger partial charge in [0.1, 0.15) is 0 Å². The van der Waals surface area contributed by atoms with E-state index in [0.29, 0.717) is 16.4 Å². The number of nitrogens with one attached hydrogen (secondary N) is 1. The van der Waals surface area contributed by atoms with Gasteiger partial charge in [-0.2, -0.15) is 16.9 Å². The molecule has 1 saturated heterocycles. The maximum Gasteiger partial charge on any atom is 0.332 e. The number of carbonyl (C=O) groups excluding carboxylic acids is 1. The van der Waals surface area contributed by atoms with Crippen LogP contribution in [-0.2, 0) is 0 Å². The van der Waals surface area contributed by atoms with E-state index in [-0.39, 0.29) is 0 Å². The minimum Gasteiger partial charge on any atom is -0.350 e. The lowest BCUT2D eigenvalue weighted by Gasteiger charge is -2.30. The number of hydrazone groups is 1. The second-order valence-electron chi connectivity index (χ2n) is 3.72. The molecule has 1 heterocycles. The Bertz CT molecular complexity index is 254. The molecular formula is C9H17N3OS. The van der Waals surface area contributed by atoms with E-state index in [0.717, 1.165) is 12.1 Å². The van der Waals surface area contributed by atoms with Gasteiger partial charge in [0.05, 0.1) is 0 Å². The number of nitrogens with zero attached hydrogens (tertiary/aromatic N) is 1. The molecule has 0 aromatic heterocycles. The van der Waals surface area contributed by atoms with Crippen LogP contribution in [0.3, 0.4) is 0 Å². The van der Waals surface area contributed by atoms with Crippen molar-refractivity contribution >= 4 is 23.5 Å². The summed E-state index contributed by atoms with van der Waals surface area (Å²) in [6, 6.07) is -0.594. The van der Waals surface area contributed by atoms with Gasteiger partial charge in [-0.1, -0.05) is 20.8 Å². The molecule has 14 heavy (non-hydrogen) atoms. The maximum absolute atomic E-state index is 10.5. The van der Waals surface area contributed by atoms with Crippen molar-refractivity contribution in [3.63, 3.8) is 0 Å². The van der Waals surface area contributed by atoms with Crippen LogP contribution < -0.4 is 11.2 Å². The topological polar surface area (TPSA) is 67.5 Å². The van der Waals surface area contributed by atoms with Gasteiger partial charge in [-0.3, -0.25) is 0 Å². The minimum absolute atomic E-state index is 0.406. The summed E-state index contributed by atoms with van der Waals surface area (Å²) in [5, 5.41) is 5.16. The molecule has 0 radical (unpaired) electrons. The summed E-state index contributed by atoms with van der Waals surface area (Å²) in [7, 11) is 0. The van der Waals surface area contributed by atoms with Gasteiger partial charge in [-0.05, 0) is 6.42 Å². The van der Waals surface area contributed by atoms with Gasteiger partial charge in [-0.25, -0.2) is 10.2 Å². The van der Waals surface area contributed by atoms with Crippen LogP contribution in [0.15, 0.2) is 5.10 Å². The summed E-state index contributed by atoms with van der Waals surface area (Å²) in [6.45, 7) is 6.49. The van der Waals surface area contributed by atoms with Gasteiger partial charge in [0.2, 0.25) is 0 Å². The molecule has 3 N–H and O–H groups in total. The zero-order valence-electron chi connectivity index (χ0n) is 8.78. The first-order valence-corrected chi connectivity index (χ1v) is 5.72. The summed E-state index contributed by atoms with van der Waals surface area (Å²) in [5.41, 5.74) is 8.31. The molecule has 4 nitrogen and oxygen atoms in total. The van der Waals surface area contributed by atoms with E-state index in [1.807, 2.05) is 11.8 Å². The number of rotatable bonds is 1. The first-order chi connectivity index (χ1) is 6.50. The van der Waals surface area contributed by atoms with E-state index in [1.54, 1.807) is 0 Å². The Morgan fingerprint density at radius 3 is 2.79 bits per heavy atom. The summed E-state index contributed by atoms with van der Waals surface area (Å²) in [6.07, 6.45) is 0.927. The molecule has 0 spiro atoms. The van der Waals surface area contributed by atoms with Gasteiger partial charge >= 0.3 is 6.03 Å². The summed E-state index contributed by atoms with van der Waals surface area (Å²) in [4.78, 5) is 10.5. The number of thioether (sulfide) groups is 1. The second-order valence-corrected chi connectivity index (χ2v) is 5.54. The van der Waals surface area contributed by atoms with Crippen LogP contribution in [0.5, 0.6) is 0 Å². The largest absolute Gasteiger partial charge is 0.350 e. The van der Waals surface area contributed by atoms with Crippen molar-refractivity contribution in [3.8, 4) is 0 Å². The fourth-order valence-electron chi connectivity index (χ4n) is 1.56. The van der Waals surface area contributed by atoms with Crippen molar-refractivity contribution in [2.45, 2.75) is 37.7 Å². The van der Waals surface area contributed by atoms with Crippen LogP contribution in [0.1, 0.15) is 27.2 Å². The van der Waals surface area contributed by atoms with Gasteiger partial charge < -0.3 is 5.73 Å². The number of hydrogen-bond donors (Lipinski definition) is 2. The SMILES string of the molecule is C[C@@H]1C/C(=N\NC(N)=O)[C@H](C)[C@H](C)S1. The lowest BCUT2D eigenvalue weighted by molar-refractivity contribution is 0.249. The van der Waals surface area contributed by atoms with Crippen LogP contribution in [-0.4, -0.2) is 22.2 Å². The summed E-state index contributed by atoms with van der Waals surface area (Å²) >= 11 is 1.96. The molecule has 3 atom stereocenters. The normalized spacial score (nSPS) is 35.6. The number of amides is 2. The number of urea groups is 1. The highest BCUT2D eigenvalue weighted by atomic mass is 32.2. The third-order valence-corrected chi connectivity index (χ3v) is 3.95. The summed E-state index contributed by atoms with van der Waals surface area (Å²) < 4.78 is 0. The van der Waals surface area contributed by atoms with Crippen LogP contribution in [0.2, 0.25) is 0 Å². The molecule has 0 saturated carbocycles. The van der Waals surface area contributed by atoms with Crippen molar-refractivity contribution in [1.82, 2.24) is 5.43 Å². The molecule has 0 aliphatic carbocycles. The lowest BCUT2D eigenvalue weighted by Crippen LogP contribution is -2.34. The standard InChI is InChI=1S/C9H17N3OS/c1-5-4-8(11-12-9(10)13)6(2)7(3)14-5/h5-7H,4H2,1-3H3,(H3,10,12,13)/b11-8+/t5-,6-,7+/m1/s1. The smallest absolute Gasteiger partial charge is 0.332 e. The Morgan fingerprint density at radius 1 is 1.57 bits per heavy atom. The van der Waals surface area contributed by atoms with E-state index in [4.69, 9.17) is 5.73 Å². The molecule has 1 fully saturated rings. The van der Waals surface area contributed by atoms with E-state index >= 15 is 0 Å². The third kappa shape index (κ3) is 2.90. The number of primary amides is 1. The van der Waals surface area contributed by atoms with E-state index in [1.165, 1.54) is 0 Å². The van der Waals surface area contributed by atoms with Crippen molar-refractivity contribution < 1.29 is 4.79 Å². The van der Waals surface area contributed by atoms with Gasteiger partial charge in [0, 0.05) is 22.1 Å². The molecular weight excluding hydrogens is 198 g/mol. The predicted molar refractivity (Wildman–Crippen MR) is 60.5 cm³/mol. The molecule has 1 aliphatic heterocycles. The predicted octanol–water partition coefficient (Wildman–Crippen LogP) is 1.56. The number of carbonyl (C=O) groups is 1. The number of hydrogen-bond acceptors (Lipinski definition) is 3. The van der Waals surface area contributed by atoms with E-state index in [9.17, 15) is 4.79 Å². The van der Waals surface area contributed by atoms with E-state index in [2.05, 4.69) is 31.3 Å². The molecule has 0 aromatic rings. The lowest BCUT2D eigenvalue weighted by atomic mass is 9.98. The second kappa shape index (κ2) is 4.68. The highest BCUT2D eigenvalue weighted by Gasteiger charge is 2.27. The van der Waals surface area contributed by atoms with Crippen molar-refractivity contribution in [2.24, 2.45) is 16.8 Å². The Kier molecular flexibility index (Phi) is 3.80. The monoisotopic (exact) mass is 215 g/mol. The Morgan fingerprint density at radius 2 is 2.21 bits per heavy atom. The van der Waals surface area contributed by atoms with Gasteiger partial charge in [-0.15, -0.1) is 0 Å². The van der Waals surface area contributed by atoms with Crippen LogP contribution in [0.4, 0.5) is 4.79 Å². The maximum atomic E-state index is 10.5. The molecule has 5 heteroatoms. The zero-order valence-corrected chi connectivity index (χ0v) is 9.60. The molecule has 80 valence electrons. The van der Waals surface area contributed by atoms with Gasteiger partial charge in [0.15, 0.2) is 0 Å². The quantitative estimate of drug-likeness (QED) is 0.652. The average Bonchev–Trinajstić information content (AvgIpc) is 2.08. The highest BCUT2D eigenvalue weighted by Crippen LogP contribution is 2.33. The first kappa shape index (κ1) is 11.4. The van der Waals surface area contributed by atoms with Crippen LogP contribution in [0.25, 0.3) is 0 Å². The molecule has 0 bridgehead atoms. The van der Waals surface area contributed by atoms with Crippen molar-refractivity contribution in [2.75, 3.05) is 0 Å². The van der Waals surface area contributed by atoms with Gasteiger partial charge in [0.25, 0.3) is 0 Å². The molecule has 1 aliphatic rings. The van der Waals surface area contributed by atoms with Crippen molar-refractivity contribution in [3.05, 3.63) is 0 Å². The highest BCUT2D eigenvalue weighted by molar-refractivity contribution is 8.00. The minimum atomic E-state index is -0.594. The number of nitrogens with two attached hydrogens (primary N) is 1. The molecule has 0 unspecified atom stereocenters. The molecule has 0 aromatic carbocycles.